The van der Waals surface area contributed by atoms with Crippen molar-refractivity contribution < 1.29 is 26.7 Å². The van der Waals surface area contributed by atoms with Gasteiger partial charge in [0.2, 0.25) is 21.9 Å². The van der Waals surface area contributed by atoms with Crippen LogP contribution in [0.1, 0.15) is 30.4 Å². The predicted molar refractivity (Wildman–Crippen MR) is 117 cm³/mol. The van der Waals surface area contributed by atoms with E-state index in [2.05, 4.69) is 4.72 Å². The molecule has 2 bridgehead atoms. The van der Waals surface area contributed by atoms with Crippen molar-refractivity contribution in [1.29, 1.82) is 0 Å². The number of ether oxygens (including phenoxy) is 1. The van der Waals surface area contributed by atoms with Gasteiger partial charge in [-0.3, -0.25) is 4.79 Å². The summed E-state index contributed by atoms with van der Waals surface area (Å²) in [6, 6.07) is 7.66. The number of sulfonamides is 1. The smallest absolute Gasteiger partial charge is 0.241 e. The number of nitrogens with zero attached hydrogens (tertiary/aromatic N) is 1. The maximum atomic E-state index is 15.7. The lowest BCUT2D eigenvalue weighted by atomic mass is 9.89. The molecular weight excluding hydrogens is 438 g/mol. The fourth-order valence-corrected chi connectivity index (χ4v) is 5.43. The van der Waals surface area contributed by atoms with Crippen molar-refractivity contribution in [3.8, 4) is 16.9 Å². The Hall–Kier alpha value is -2.52. The number of halogens is 2. The summed E-state index contributed by atoms with van der Waals surface area (Å²) in [5, 5.41) is 0. The molecule has 2 heterocycles. The van der Waals surface area contributed by atoms with Crippen molar-refractivity contribution in [2.24, 2.45) is 0 Å². The number of piperidine rings is 1. The highest BCUT2D eigenvalue weighted by Gasteiger charge is 2.37. The van der Waals surface area contributed by atoms with E-state index in [-0.39, 0.29) is 25.4 Å². The standard InChI is InChI=1S/C23H26F2N2O4S/c1-15-5-2-8-18-17-7-3-6-16(22(17)25)13-20-19(26-32(29,30)14-24)9-4-11-27(20)21(28)10-12-31-23(15)18/h2-3,5-8,19-20,26H,4,9-14H2,1H3/t19-,20-/m0/s1. The second-order valence-corrected chi connectivity index (χ2v) is 9.96. The van der Waals surface area contributed by atoms with Gasteiger partial charge < -0.3 is 9.64 Å². The van der Waals surface area contributed by atoms with Crippen LogP contribution in [0.15, 0.2) is 36.4 Å². The normalized spacial score (nSPS) is 21.6. The highest BCUT2D eigenvalue weighted by Crippen LogP contribution is 2.37. The minimum atomic E-state index is -4.14. The highest BCUT2D eigenvalue weighted by molar-refractivity contribution is 7.89. The summed E-state index contributed by atoms with van der Waals surface area (Å²) in [6.45, 7) is 2.41. The number of hydrogen-bond donors (Lipinski definition) is 1. The lowest BCUT2D eigenvalue weighted by Crippen LogP contribution is -2.58. The van der Waals surface area contributed by atoms with E-state index in [1.54, 1.807) is 29.2 Å². The zero-order valence-corrected chi connectivity index (χ0v) is 18.6. The van der Waals surface area contributed by atoms with Crippen LogP contribution in [-0.4, -0.2) is 50.5 Å². The molecule has 0 spiro atoms. The Labute approximate surface area is 186 Å². The van der Waals surface area contributed by atoms with Crippen LogP contribution in [0, 0.1) is 12.7 Å². The highest BCUT2D eigenvalue weighted by atomic mass is 32.2. The van der Waals surface area contributed by atoms with Gasteiger partial charge in [-0.05, 0) is 37.3 Å². The molecule has 0 aromatic heterocycles. The molecule has 9 heteroatoms. The Morgan fingerprint density at radius 2 is 1.94 bits per heavy atom. The lowest BCUT2D eigenvalue weighted by molar-refractivity contribution is -0.136. The van der Waals surface area contributed by atoms with Gasteiger partial charge in [0, 0.05) is 23.7 Å². The molecule has 0 saturated carbocycles. The molecule has 1 N–H and O–H groups in total. The van der Waals surface area contributed by atoms with E-state index in [9.17, 15) is 17.6 Å². The number of nitrogens with one attached hydrogen (secondary N) is 1. The number of fused-ring (bicyclic) bond motifs is 5. The first-order valence-electron chi connectivity index (χ1n) is 10.7. The maximum absolute atomic E-state index is 15.7. The second-order valence-electron chi connectivity index (χ2n) is 8.28. The molecule has 1 saturated heterocycles. The Kier molecular flexibility index (Phi) is 6.48. The summed E-state index contributed by atoms with van der Waals surface area (Å²) >= 11 is 0. The summed E-state index contributed by atoms with van der Waals surface area (Å²) in [4.78, 5) is 14.6. The first-order chi connectivity index (χ1) is 15.3. The van der Waals surface area contributed by atoms with Gasteiger partial charge >= 0.3 is 0 Å². The molecule has 2 aliphatic rings. The number of para-hydroxylation sites is 1. The van der Waals surface area contributed by atoms with Crippen LogP contribution in [0.4, 0.5) is 8.78 Å². The molecule has 2 aliphatic heterocycles. The molecule has 4 rings (SSSR count). The third kappa shape index (κ3) is 4.49. The van der Waals surface area contributed by atoms with Gasteiger partial charge in [0.05, 0.1) is 19.1 Å². The van der Waals surface area contributed by atoms with E-state index in [1.807, 2.05) is 19.1 Å². The van der Waals surface area contributed by atoms with E-state index < -0.39 is 33.9 Å². The minimum absolute atomic E-state index is 0.100. The SMILES string of the molecule is Cc1cccc2c1OCCC(=O)N1CCC[C@H](NS(=O)(=O)CF)[C@@H]1Cc1cccc-2c1F. The van der Waals surface area contributed by atoms with Crippen LogP contribution < -0.4 is 9.46 Å². The van der Waals surface area contributed by atoms with Crippen molar-refractivity contribution in [2.75, 3.05) is 19.2 Å². The van der Waals surface area contributed by atoms with E-state index in [1.165, 1.54) is 0 Å². The number of carbonyl (C=O) groups is 1. The van der Waals surface area contributed by atoms with Crippen molar-refractivity contribution >= 4 is 15.9 Å². The van der Waals surface area contributed by atoms with E-state index in [4.69, 9.17) is 4.74 Å². The minimum Gasteiger partial charge on any atom is -0.492 e. The van der Waals surface area contributed by atoms with Gasteiger partial charge in [-0.25, -0.2) is 21.9 Å². The molecule has 2 aromatic carbocycles. The maximum Gasteiger partial charge on any atom is 0.241 e. The number of benzene rings is 2. The molecule has 1 fully saturated rings. The van der Waals surface area contributed by atoms with Crippen molar-refractivity contribution in [3.05, 3.63) is 53.3 Å². The Morgan fingerprint density at radius 1 is 1.19 bits per heavy atom. The second kappa shape index (κ2) is 9.15. The quantitative estimate of drug-likeness (QED) is 0.756. The van der Waals surface area contributed by atoms with Gasteiger partial charge in [0.15, 0.2) is 0 Å². The van der Waals surface area contributed by atoms with Gasteiger partial charge in [-0.2, -0.15) is 0 Å². The number of hydrogen-bond acceptors (Lipinski definition) is 4. The average Bonchev–Trinajstić information content (AvgIpc) is 2.76. The molecule has 172 valence electrons. The topological polar surface area (TPSA) is 75.7 Å². The average molecular weight is 465 g/mol. The number of aryl methyl sites for hydroxylation is 1. The van der Waals surface area contributed by atoms with Crippen LogP contribution in [0.25, 0.3) is 11.1 Å². The zero-order valence-electron chi connectivity index (χ0n) is 17.8. The zero-order chi connectivity index (χ0) is 22.9. The van der Waals surface area contributed by atoms with Gasteiger partial charge in [0.1, 0.15) is 11.6 Å². The molecule has 1 amide bonds. The number of rotatable bonds is 3. The van der Waals surface area contributed by atoms with E-state index >= 15 is 4.39 Å². The molecule has 0 aliphatic carbocycles. The predicted octanol–water partition coefficient (Wildman–Crippen LogP) is 3.33. The van der Waals surface area contributed by atoms with Crippen molar-refractivity contribution in [3.63, 3.8) is 0 Å². The van der Waals surface area contributed by atoms with Crippen molar-refractivity contribution in [1.82, 2.24) is 9.62 Å². The molecule has 2 aromatic rings. The van der Waals surface area contributed by atoms with Crippen LogP contribution in [0.5, 0.6) is 5.75 Å². The number of alkyl halides is 1. The Balaban J connectivity index is 1.81. The number of carbonyl (C=O) groups excluding carboxylic acids is 1. The largest absolute Gasteiger partial charge is 0.492 e. The van der Waals surface area contributed by atoms with E-state index in [0.29, 0.717) is 41.8 Å². The molecule has 0 unspecified atom stereocenters. The molecule has 6 nitrogen and oxygen atoms in total. The molecule has 2 atom stereocenters. The van der Waals surface area contributed by atoms with Gasteiger partial charge in [-0.1, -0.05) is 36.4 Å². The summed E-state index contributed by atoms with van der Waals surface area (Å²) in [6.07, 6.45) is 1.22. The molecular formula is C23H26F2N2O4S. The fraction of sp³-hybridized carbons (Fsp3) is 0.435. The van der Waals surface area contributed by atoms with Crippen molar-refractivity contribution in [2.45, 2.75) is 44.7 Å². The summed E-state index contributed by atoms with van der Waals surface area (Å²) in [7, 11) is -4.14. The first-order valence-corrected chi connectivity index (χ1v) is 12.3. The fourth-order valence-electron chi connectivity index (χ4n) is 4.63. The van der Waals surface area contributed by atoms with Crippen LogP contribution in [-0.2, 0) is 21.2 Å². The Bertz CT molecular complexity index is 1120. The summed E-state index contributed by atoms with van der Waals surface area (Å²) < 4.78 is 60.9. The third-order valence-corrected chi connectivity index (χ3v) is 7.10. The van der Waals surface area contributed by atoms with Crippen LogP contribution in [0.3, 0.4) is 0 Å². The molecule has 32 heavy (non-hydrogen) atoms. The summed E-state index contributed by atoms with van der Waals surface area (Å²) in [5.41, 5.74) is 2.20. The monoisotopic (exact) mass is 464 g/mol. The number of amides is 1. The molecule has 0 radical (unpaired) electrons. The summed E-state index contributed by atoms with van der Waals surface area (Å²) in [5.74, 6) is -0.0966. The Morgan fingerprint density at radius 3 is 2.72 bits per heavy atom. The third-order valence-electron chi connectivity index (χ3n) is 6.15. The lowest BCUT2D eigenvalue weighted by Gasteiger charge is -2.42. The van der Waals surface area contributed by atoms with Crippen LogP contribution in [0.2, 0.25) is 0 Å². The van der Waals surface area contributed by atoms with Gasteiger partial charge in [-0.15, -0.1) is 0 Å². The van der Waals surface area contributed by atoms with Gasteiger partial charge in [0.25, 0.3) is 0 Å². The van der Waals surface area contributed by atoms with E-state index in [0.717, 1.165) is 5.56 Å². The van der Waals surface area contributed by atoms with Crippen LogP contribution >= 0.6 is 0 Å². The first kappa shape index (κ1) is 22.7.